The van der Waals surface area contributed by atoms with Crippen molar-refractivity contribution >= 4 is 17.5 Å². The van der Waals surface area contributed by atoms with E-state index in [9.17, 15) is 4.79 Å². The van der Waals surface area contributed by atoms with Crippen molar-refractivity contribution in [3.05, 3.63) is 63.2 Å². The van der Waals surface area contributed by atoms with E-state index in [-0.39, 0.29) is 18.6 Å². The van der Waals surface area contributed by atoms with Crippen molar-refractivity contribution in [3.63, 3.8) is 0 Å². The minimum atomic E-state index is -0.125. The predicted octanol–water partition coefficient (Wildman–Crippen LogP) is 5.09. The number of fused-ring (bicyclic) bond motifs is 1. The van der Waals surface area contributed by atoms with Crippen LogP contribution in [0, 0.1) is 13.8 Å². The second-order valence-electron chi connectivity index (χ2n) is 7.18. The highest BCUT2D eigenvalue weighted by Gasteiger charge is 2.14. The smallest absolute Gasteiger partial charge is 0.258 e. The summed E-state index contributed by atoms with van der Waals surface area (Å²) in [6.45, 7) is 5.87. The average Bonchev–Trinajstić information content (AvgIpc) is 2.63. The molecule has 0 spiro atoms. The van der Waals surface area contributed by atoms with Gasteiger partial charge in [-0.15, -0.1) is 0 Å². The van der Waals surface area contributed by atoms with E-state index in [4.69, 9.17) is 16.3 Å². The van der Waals surface area contributed by atoms with Crippen molar-refractivity contribution in [1.29, 1.82) is 0 Å². The third-order valence-corrected chi connectivity index (χ3v) is 5.63. The van der Waals surface area contributed by atoms with Crippen LogP contribution in [0.3, 0.4) is 0 Å². The van der Waals surface area contributed by atoms with E-state index >= 15 is 0 Å². The first-order valence-electron chi connectivity index (χ1n) is 9.24. The van der Waals surface area contributed by atoms with Crippen LogP contribution in [-0.4, -0.2) is 12.5 Å². The number of rotatable bonds is 5. The number of halogens is 1. The normalized spacial score (nSPS) is 14.5. The van der Waals surface area contributed by atoms with Crippen LogP contribution in [0.4, 0.5) is 0 Å². The fourth-order valence-corrected chi connectivity index (χ4v) is 3.64. The van der Waals surface area contributed by atoms with Gasteiger partial charge >= 0.3 is 0 Å². The van der Waals surface area contributed by atoms with Gasteiger partial charge < -0.3 is 10.1 Å². The zero-order valence-corrected chi connectivity index (χ0v) is 16.5. The van der Waals surface area contributed by atoms with Gasteiger partial charge in [0.15, 0.2) is 6.61 Å². The van der Waals surface area contributed by atoms with Crippen molar-refractivity contribution in [3.8, 4) is 5.75 Å². The van der Waals surface area contributed by atoms with Crippen molar-refractivity contribution < 1.29 is 9.53 Å². The van der Waals surface area contributed by atoms with Gasteiger partial charge in [0.05, 0.1) is 6.04 Å². The molecule has 0 saturated heterocycles. The summed E-state index contributed by atoms with van der Waals surface area (Å²) in [6.07, 6.45) is 4.84. The van der Waals surface area contributed by atoms with E-state index in [0.29, 0.717) is 5.75 Å². The maximum absolute atomic E-state index is 12.3. The minimum absolute atomic E-state index is 0.00417. The molecule has 1 atom stereocenters. The Bertz CT molecular complexity index is 793. The summed E-state index contributed by atoms with van der Waals surface area (Å²) < 4.78 is 5.64. The zero-order chi connectivity index (χ0) is 18.7. The number of carbonyl (C=O) groups excluding carboxylic acids is 1. The van der Waals surface area contributed by atoms with E-state index in [1.165, 1.54) is 30.4 Å². The van der Waals surface area contributed by atoms with E-state index < -0.39 is 0 Å². The molecule has 1 aliphatic rings. The Morgan fingerprint density at radius 2 is 1.77 bits per heavy atom. The molecule has 2 aromatic rings. The maximum Gasteiger partial charge on any atom is 0.258 e. The number of aryl methyl sites for hydroxylation is 4. The number of nitrogens with one attached hydrogen (secondary N) is 1. The molecule has 1 amide bonds. The fourth-order valence-electron chi connectivity index (χ4n) is 3.53. The minimum Gasteiger partial charge on any atom is -0.484 e. The van der Waals surface area contributed by atoms with Crippen LogP contribution in [0.15, 0.2) is 30.3 Å². The Balaban J connectivity index is 1.58. The van der Waals surface area contributed by atoms with Gasteiger partial charge in [-0.05, 0) is 86.4 Å². The summed E-state index contributed by atoms with van der Waals surface area (Å²) in [4.78, 5) is 12.3. The summed E-state index contributed by atoms with van der Waals surface area (Å²) >= 11 is 6.16. The molecule has 0 fully saturated rings. The molecule has 0 aliphatic heterocycles. The van der Waals surface area contributed by atoms with Crippen molar-refractivity contribution in [1.82, 2.24) is 5.32 Å². The van der Waals surface area contributed by atoms with Gasteiger partial charge in [-0.1, -0.05) is 29.8 Å². The van der Waals surface area contributed by atoms with Gasteiger partial charge in [-0.2, -0.15) is 0 Å². The third-order valence-electron chi connectivity index (χ3n) is 5.03. The molecule has 1 aliphatic carbocycles. The number of hydrogen-bond donors (Lipinski definition) is 1. The Morgan fingerprint density at radius 1 is 1.12 bits per heavy atom. The van der Waals surface area contributed by atoms with Crippen LogP contribution >= 0.6 is 11.6 Å². The average molecular weight is 372 g/mol. The van der Waals surface area contributed by atoms with Gasteiger partial charge in [-0.25, -0.2) is 0 Å². The molecule has 0 radical (unpaired) electrons. The molecule has 1 unspecified atom stereocenters. The Labute approximate surface area is 160 Å². The maximum atomic E-state index is 12.3. The molecule has 3 rings (SSSR count). The highest BCUT2D eigenvalue weighted by atomic mass is 35.5. The van der Waals surface area contributed by atoms with E-state index in [1.54, 1.807) is 0 Å². The van der Waals surface area contributed by atoms with Crippen molar-refractivity contribution in [2.75, 3.05) is 6.61 Å². The highest BCUT2D eigenvalue weighted by Crippen LogP contribution is 2.26. The van der Waals surface area contributed by atoms with Gasteiger partial charge in [0.25, 0.3) is 5.91 Å². The van der Waals surface area contributed by atoms with Crippen molar-refractivity contribution in [2.24, 2.45) is 0 Å². The lowest BCUT2D eigenvalue weighted by Gasteiger charge is -2.20. The second-order valence-corrected chi connectivity index (χ2v) is 7.56. The molecule has 1 N–H and O–H groups in total. The van der Waals surface area contributed by atoms with Gasteiger partial charge in [0, 0.05) is 5.02 Å². The van der Waals surface area contributed by atoms with Crippen molar-refractivity contribution in [2.45, 2.75) is 52.5 Å². The molecule has 0 bridgehead atoms. The van der Waals surface area contributed by atoms with Crippen LogP contribution in [0.1, 0.15) is 53.6 Å². The summed E-state index contributed by atoms with van der Waals surface area (Å²) in [5, 5.41) is 3.76. The van der Waals surface area contributed by atoms with Crippen LogP contribution < -0.4 is 10.1 Å². The molecule has 0 saturated carbocycles. The predicted molar refractivity (Wildman–Crippen MR) is 106 cm³/mol. The quantitative estimate of drug-likeness (QED) is 0.794. The summed E-state index contributed by atoms with van der Waals surface area (Å²) in [5.74, 6) is 0.543. The lowest BCUT2D eigenvalue weighted by atomic mass is 9.89. The molecular weight excluding hydrogens is 346 g/mol. The van der Waals surface area contributed by atoms with E-state index in [0.717, 1.165) is 28.1 Å². The molecule has 138 valence electrons. The topological polar surface area (TPSA) is 38.3 Å². The standard InChI is InChI=1S/C22H26ClNO2/c1-14-10-20(11-15(2)22(14)23)26-13-21(25)24-16(3)18-9-8-17-6-4-5-7-19(17)12-18/h8-12,16H,4-7,13H2,1-3H3,(H,24,25). The Kier molecular flexibility index (Phi) is 5.87. The summed E-state index contributed by atoms with van der Waals surface area (Å²) in [7, 11) is 0. The van der Waals surface area contributed by atoms with E-state index in [1.807, 2.05) is 32.9 Å². The first kappa shape index (κ1) is 18.8. The first-order valence-corrected chi connectivity index (χ1v) is 9.62. The number of ether oxygens (including phenoxy) is 1. The van der Waals surface area contributed by atoms with Crippen LogP contribution in [0.2, 0.25) is 5.02 Å². The third kappa shape index (κ3) is 4.39. The van der Waals surface area contributed by atoms with E-state index in [2.05, 4.69) is 23.5 Å². The van der Waals surface area contributed by atoms with Crippen LogP contribution in [-0.2, 0) is 17.6 Å². The molecule has 4 heteroatoms. The Hall–Kier alpha value is -2.00. The number of benzene rings is 2. The molecule has 2 aromatic carbocycles. The Morgan fingerprint density at radius 3 is 2.46 bits per heavy atom. The molecular formula is C22H26ClNO2. The monoisotopic (exact) mass is 371 g/mol. The lowest BCUT2D eigenvalue weighted by molar-refractivity contribution is -0.123. The largest absolute Gasteiger partial charge is 0.484 e. The van der Waals surface area contributed by atoms with Gasteiger partial charge in [0.2, 0.25) is 0 Å². The summed E-state index contributed by atoms with van der Waals surface area (Å²) in [5.41, 5.74) is 5.93. The number of hydrogen-bond acceptors (Lipinski definition) is 2. The number of carbonyl (C=O) groups is 1. The number of amides is 1. The molecule has 0 aromatic heterocycles. The van der Waals surface area contributed by atoms with Gasteiger partial charge in [-0.3, -0.25) is 4.79 Å². The van der Waals surface area contributed by atoms with Crippen LogP contribution in [0.25, 0.3) is 0 Å². The highest BCUT2D eigenvalue weighted by molar-refractivity contribution is 6.32. The zero-order valence-electron chi connectivity index (χ0n) is 15.7. The van der Waals surface area contributed by atoms with Crippen LogP contribution in [0.5, 0.6) is 5.75 Å². The molecule has 0 heterocycles. The fraction of sp³-hybridized carbons (Fsp3) is 0.409. The SMILES string of the molecule is Cc1cc(OCC(=O)NC(C)c2ccc3c(c2)CCCC3)cc(C)c1Cl. The molecule has 3 nitrogen and oxygen atoms in total. The molecule has 26 heavy (non-hydrogen) atoms. The summed E-state index contributed by atoms with van der Waals surface area (Å²) in [6, 6.07) is 10.3. The first-order chi connectivity index (χ1) is 12.4. The van der Waals surface area contributed by atoms with Gasteiger partial charge in [0.1, 0.15) is 5.75 Å². The second kappa shape index (κ2) is 8.13. The lowest BCUT2D eigenvalue weighted by Crippen LogP contribution is -2.31.